The second-order valence-electron chi connectivity index (χ2n) is 4.07. The number of rotatable bonds is 6. The van der Waals surface area contributed by atoms with Crippen molar-refractivity contribution < 1.29 is 0 Å². The molecule has 0 bridgehead atoms. The van der Waals surface area contributed by atoms with E-state index in [0.29, 0.717) is 0 Å². The second-order valence-corrected chi connectivity index (χ2v) is 4.90. The smallest absolute Gasteiger partial charge is 0.132 e. The summed E-state index contributed by atoms with van der Waals surface area (Å²) >= 11 is 1.65. The molecule has 2 rings (SSSR count). The maximum Gasteiger partial charge on any atom is 0.132 e. The Kier molecular flexibility index (Phi) is 4.01. The van der Waals surface area contributed by atoms with Crippen molar-refractivity contribution in [3.63, 3.8) is 0 Å². The zero-order chi connectivity index (χ0) is 11.4. The molecule has 0 amide bonds. The van der Waals surface area contributed by atoms with Gasteiger partial charge in [0.1, 0.15) is 17.2 Å². The summed E-state index contributed by atoms with van der Waals surface area (Å²) in [5.74, 6) is 0.997. The monoisotopic (exact) mass is 238 g/mol. The topological polar surface area (TPSA) is 41.0 Å². The van der Waals surface area contributed by atoms with E-state index in [4.69, 9.17) is 0 Å². The van der Waals surface area contributed by atoms with Crippen molar-refractivity contribution in [1.29, 1.82) is 0 Å². The summed E-state index contributed by atoms with van der Waals surface area (Å²) in [5, 5.41) is 4.52. The molecule has 0 saturated heterocycles. The molecule has 0 unspecified atom stereocenters. The van der Waals surface area contributed by atoms with Crippen LogP contribution < -0.4 is 10.2 Å². The van der Waals surface area contributed by atoms with Crippen molar-refractivity contribution >= 4 is 17.6 Å². The molecule has 0 aromatic carbocycles. The Morgan fingerprint density at radius 2 is 2.31 bits per heavy atom. The first-order valence-electron chi connectivity index (χ1n) is 5.60. The van der Waals surface area contributed by atoms with Gasteiger partial charge >= 0.3 is 0 Å². The second kappa shape index (κ2) is 5.50. The summed E-state index contributed by atoms with van der Waals surface area (Å²) in [6.07, 6.45) is 6.34. The fourth-order valence-electron chi connectivity index (χ4n) is 1.49. The summed E-state index contributed by atoms with van der Waals surface area (Å²) in [6, 6.07) is 2.81. The van der Waals surface area contributed by atoms with E-state index in [1.165, 1.54) is 12.8 Å². The van der Waals surface area contributed by atoms with Gasteiger partial charge in [-0.25, -0.2) is 9.97 Å². The molecule has 1 aliphatic rings. The Bertz CT molecular complexity index is 341. The van der Waals surface area contributed by atoms with Crippen molar-refractivity contribution in [2.45, 2.75) is 23.9 Å². The van der Waals surface area contributed by atoms with Gasteiger partial charge in [0.05, 0.1) is 0 Å². The minimum Gasteiger partial charge on any atom is -0.358 e. The van der Waals surface area contributed by atoms with Crippen molar-refractivity contribution in [2.24, 2.45) is 0 Å². The van der Waals surface area contributed by atoms with E-state index in [9.17, 15) is 0 Å². The molecule has 1 saturated carbocycles. The molecule has 1 fully saturated rings. The van der Waals surface area contributed by atoms with Gasteiger partial charge in [0.15, 0.2) is 0 Å². The van der Waals surface area contributed by atoms with Crippen LogP contribution in [0.5, 0.6) is 0 Å². The third-order valence-corrected chi connectivity index (χ3v) is 3.33. The van der Waals surface area contributed by atoms with Crippen molar-refractivity contribution in [2.75, 3.05) is 31.3 Å². The SMILES string of the molecule is CSc1cc(N(C)CCNC2CC2)ncn1. The number of nitrogens with one attached hydrogen (secondary N) is 1. The molecule has 0 spiro atoms. The van der Waals surface area contributed by atoms with Crippen LogP contribution in [-0.4, -0.2) is 42.4 Å². The Morgan fingerprint density at radius 1 is 1.50 bits per heavy atom. The first-order valence-corrected chi connectivity index (χ1v) is 6.82. The normalized spacial score (nSPS) is 15.1. The van der Waals surface area contributed by atoms with Gasteiger partial charge in [0.2, 0.25) is 0 Å². The Labute approximate surface area is 101 Å². The van der Waals surface area contributed by atoms with Crippen LogP contribution in [-0.2, 0) is 0 Å². The van der Waals surface area contributed by atoms with Crippen LogP contribution in [0, 0.1) is 0 Å². The number of thioether (sulfide) groups is 1. The zero-order valence-electron chi connectivity index (χ0n) is 9.81. The minimum absolute atomic E-state index is 0.778. The van der Waals surface area contributed by atoms with E-state index in [-0.39, 0.29) is 0 Å². The van der Waals surface area contributed by atoms with Crippen molar-refractivity contribution in [3.8, 4) is 0 Å². The lowest BCUT2D eigenvalue weighted by molar-refractivity contribution is 0.672. The van der Waals surface area contributed by atoms with Gasteiger partial charge in [0.25, 0.3) is 0 Å². The van der Waals surface area contributed by atoms with Gasteiger partial charge in [-0.05, 0) is 19.1 Å². The molecular formula is C11H18N4S. The fraction of sp³-hybridized carbons (Fsp3) is 0.636. The standard InChI is InChI=1S/C11H18N4S/c1-15(6-5-12-9-3-4-9)10-7-11(16-2)14-8-13-10/h7-9,12H,3-6H2,1-2H3. The number of likely N-dealkylation sites (N-methyl/N-ethyl adjacent to an activating group) is 1. The van der Waals surface area contributed by atoms with Crippen molar-refractivity contribution in [3.05, 3.63) is 12.4 Å². The highest BCUT2D eigenvalue weighted by Gasteiger charge is 2.19. The highest BCUT2D eigenvalue weighted by Crippen LogP contribution is 2.18. The van der Waals surface area contributed by atoms with Crippen LogP contribution in [0.1, 0.15) is 12.8 Å². The molecule has 0 atom stereocenters. The van der Waals surface area contributed by atoms with E-state index in [1.807, 2.05) is 12.3 Å². The van der Waals surface area contributed by atoms with Crippen LogP contribution in [0.15, 0.2) is 17.4 Å². The Balaban J connectivity index is 1.83. The maximum absolute atomic E-state index is 4.27. The lowest BCUT2D eigenvalue weighted by Gasteiger charge is -2.18. The van der Waals surface area contributed by atoms with E-state index < -0.39 is 0 Å². The van der Waals surface area contributed by atoms with Gasteiger partial charge in [-0.3, -0.25) is 0 Å². The lowest BCUT2D eigenvalue weighted by atomic mass is 10.4. The lowest BCUT2D eigenvalue weighted by Crippen LogP contribution is -2.30. The van der Waals surface area contributed by atoms with E-state index in [2.05, 4.69) is 27.2 Å². The molecule has 1 aliphatic carbocycles. The predicted octanol–water partition coefficient (Wildman–Crippen LogP) is 1.39. The summed E-state index contributed by atoms with van der Waals surface area (Å²) in [7, 11) is 2.07. The number of anilines is 1. The van der Waals surface area contributed by atoms with E-state index >= 15 is 0 Å². The average Bonchev–Trinajstić information content (AvgIpc) is 3.13. The molecule has 1 aromatic heterocycles. The molecule has 1 aromatic rings. The first-order chi connectivity index (χ1) is 7.79. The third-order valence-electron chi connectivity index (χ3n) is 2.69. The largest absolute Gasteiger partial charge is 0.358 e. The van der Waals surface area contributed by atoms with E-state index in [0.717, 1.165) is 30.0 Å². The van der Waals surface area contributed by atoms with Crippen molar-refractivity contribution in [1.82, 2.24) is 15.3 Å². The number of aromatic nitrogens is 2. The average molecular weight is 238 g/mol. The molecule has 5 heteroatoms. The zero-order valence-corrected chi connectivity index (χ0v) is 10.6. The van der Waals surface area contributed by atoms with Crippen LogP contribution in [0.2, 0.25) is 0 Å². The van der Waals surface area contributed by atoms with Gasteiger partial charge in [-0.2, -0.15) is 0 Å². The van der Waals surface area contributed by atoms with Crippen LogP contribution in [0.25, 0.3) is 0 Å². The van der Waals surface area contributed by atoms with Crippen LogP contribution >= 0.6 is 11.8 Å². The van der Waals surface area contributed by atoms with Crippen LogP contribution in [0.3, 0.4) is 0 Å². The van der Waals surface area contributed by atoms with Gasteiger partial charge in [-0.15, -0.1) is 11.8 Å². The number of hydrogen-bond donors (Lipinski definition) is 1. The molecule has 16 heavy (non-hydrogen) atoms. The summed E-state index contributed by atoms with van der Waals surface area (Å²) in [5.41, 5.74) is 0. The number of hydrogen-bond acceptors (Lipinski definition) is 5. The minimum atomic E-state index is 0.778. The molecule has 1 N–H and O–H groups in total. The quantitative estimate of drug-likeness (QED) is 0.599. The Morgan fingerprint density at radius 3 is 3.00 bits per heavy atom. The number of nitrogens with zero attached hydrogens (tertiary/aromatic N) is 3. The Hall–Kier alpha value is -0.810. The highest BCUT2D eigenvalue weighted by molar-refractivity contribution is 7.98. The van der Waals surface area contributed by atoms with Gasteiger partial charge in [0, 0.05) is 32.2 Å². The summed E-state index contributed by atoms with van der Waals surface area (Å²) in [4.78, 5) is 10.6. The maximum atomic E-state index is 4.27. The molecule has 4 nitrogen and oxygen atoms in total. The third kappa shape index (κ3) is 3.35. The summed E-state index contributed by atoms with van der Waals surface area (Å²) in [6.45, 7) is 2.01. The van der Waals surface area contributed by atoms with Crippen LogP contribution in [0.4, 0.5) is 5.82 Å². The van der Waals surface area contributed by atoms with Gasteiger partial charge < -0.3 is 10.2 Å². The molecule has 0 radical (unpaired) electrons. The molecule has 1 heterocycles. The first kappa shape index (κ1) is 11.7. The fourth-order valence-corrected chi connectivity index (χ4v) is 1.86. The summed E-state index contributed by atoms with van der Waals surface area (Å²) < 4.78 is 0. The molecule has 0 aliphatic heterocycles. The highest BCUT2D eigenvalue weighted by atomic mass is 32.2. The van der Waals surface area contributed by atoms with Gasteiger partial charge in [-0.1, -0.05) is 0 Å². The molecular weight excluding hydrogens is 220 g/mol. The molecule has 88 valence electrons. The predicted molar refractivity (Wildman–Crippen MR) is 68.1 cm³/mol. The van der Waals surface area contributed by atoms with E-state index in [1.54, 1.807) is 18.1 Å².